The molecule has 0 amide bonds. The van der Waals surface area contributed by atoms with E-state index in [1.165, 1.54) is 32.1 Å². The first kappa shape index (κ1) is 10.3. The molecule has 0 spiro atoms. The average molecular weight is 179 g/mol. The first-order valence-electron chi connectivity index (χ1n) is 5.29. The van der Waals surface area contributed by atoms with Gasteiger partial charge in [-0.1, -0.05) is 39.5 Å². The molecule has 0 aliphatic carbocycles. The Balaban J connectivity index is 2.10. The summed E-state index contributed by atoms with van der Waals surface area (Å²) >= 11 is 0. The molecule has 1 aliphatic rings. The molecule has 73 valence electrons. The Hall–Kier alpha value is -0.790. The first-order chi connectivity index (χ1) is 6.34. The van der Waals surface area contributed by atoms with Crippen molar-refractivity contribution in [2.75, 3.05) is 0 Å². The number of nitrogens with zero attached hydrogens (tertiary/aromatic N) is 2. The van der Waals surface area contributed by atoms with Gasteiger partial charge in [0, 0.05) is 5.92 Å². The molecule has 1 rings (SSSR count). The second-order valence-corrected chi connectivity index (χ2v) is 3.71. The minimum absolute atomic E-state index is 0.583. The number of allylic oxidation sites excluding steroid dienone is 1. The van der Waals surface area contributed by atoms with Crippen molar-refractivity contribution in [3.05, 3.63) is 12.3 Å². The molecule has 0 fully saturated rings. The molecule has 0 N–H and O–H groups in total. The Kier molecular flexibility index (Phi) is 4.58. The van der Waals surface area contributed by atoms with Crippen molar-refractivity contribution in [3.8, 4) is 0 Å². The molecule has 1 unspecified atom stereocenters. The van der Waals surface area contributed by atoms with Crippen molar-refractivity contribution < 1.29 is 0 Å². The lowest BCUT2D eigenvalue weighted by Crippen LogP contribution is -2.06. The van der Waals surface area contributed by atoms with E-state index >= 15 is 0 Å². The standard InChI is InChI=1S/C11H19N2/c1-3-4-5-6-7-10(2)11-8-9-12-13-11/h8-10H,3-7H2,1-2H3. The number of hydrogen-bond donors (Lipinski definition) is 0. The third-order valence-electron chi connectivity index (χ3n) is 2.48. The van der Waals surface area contributed by atoms with Crippen LogP contribution in [0.25, 0.3) is 0 Å². The fourth-order valence-electron chi connectivity index (χ4n) is 1.53. The second-order valence-electron chi connectivity index (χ2n) is 3.71. The molecule has 1 radical (unpaired) electrons. The Morgan fingerprint density at radius 2 is 2.15 bits per heavy atom. The maximum Gasteiger partial charge on any atom is 0.0674 e. The van der Waals surface area contributed by atoms with Crippen LogP contribution >= 0.6 is 0 Å². The van der Waals surface area contributed by atoms with Crippen molar-refractivity contribution in [3.63, 3.8) is 0 Å². The van der Waals surface area contributed by atoms with Crippen LogP contribution in [0.3, 0.4) is 0 Å². The van der Waals surface area contributed by atoms with E-state index in [1.54, 1.807) is 6.20 Å². The summed E-state index contributed by atoms with van der Waals surface area (Å²) in [5.74, 6) is 0.583. The van der Waals surface area contributed by atoms with Crippen LogP contribution < -0.4 is 5.43 Å². The molecule has 1 heterocycles. The van der Waals surface area contributed by atoms with Crippen LogP contribution in [0.15, 0.2) is 17.4 Å². The van der Waals surface area contributed by atoms with Crippen LogP contribution in [0.5, 0.6) is 0 Å². The summed E-state index contributed by atoms with van der Waals surface area (Å²) in [7, 11) is 0. The summed E-state index contributed by atoms with van der Waals surface area (Å²) in [4.78, 5) is 0. The average Bonchev–Trinajstić information content (AvgIpc) is 2.65. The quantitative estimate of drug-likeness (QED) is 0.560. The number of hydrogen-bond acceptors (Lipinski definition) is 1. The van der Waals surface area contributed by atoms with Crippen LogP contribution in [0.4, 0.5) is 0 Å². The van der Waals surface area contributed by atoms with Crippen molar-refractivity contribution in [1.29, 1.82) is 0 Å². The monoisotopic (exact) mass is 179 g/mol. The minimum Gasteiger partial charge on any atom is -0.159 e. The molecule has 0 aromatic carbocycles. The molecule has 1 aliphatic heterocycles. The highest BCUT2D eigenvalue weighted by molar-refractivity contribution is 5.97. The molecule has 0 aromatic rings. The van der Waals surface area contributed by atoms with E-state index in [0.29, 0.717) is 5.92 Å². The molecule has 0 aromatic heterocycles. The highest BCUT2D eigenvalue weighted by atomic mass is 15.3. The molecular formula is C11H19N2. The Morgan fingerprint density at radius 1 is 1.31 bits per heavy atom. The fraction of sp³-hybridized carbons (Fsp3) is 0.727. The Morgan fingerprint density at radius 3 is 2.77 bits per heavy atom. The Bertz CT molecular complexity index is 194. The fourth-order valence-corrected chi connectivity index (χ4v) is 1.53. The van der Waals surface area contributed by atoms with Gasteiger partial charge in [0.15, 0.2) is 0 Å². The summed E-state index contributed by atoms with van der Waals surface area (Å²) in [6.07, 6.45) is 10.4. The predicted octanol–water partition coefficient (Wildman–Crippen LogP) is 3.08. The zero-order valence-corrected chi connectivity index (χ0v) is 8.66. The van der Waals surface area contributed by atoms with Gasteiger partial charge in [-0.2, -0.15) is 10.5 Å². The summed E-state index contributed by atoms with van der Waals surface area (Å²) in [6.45, 7) is 4.47. The molecule has 2 heteroatoms. The van der Waals surface area contributed by atoms with Gasteiger partial charge in [0.05, 0.1) is 11.9 Å². The van der Waals surface area contributed by atoms with Crippen LogP contribution in [0, 0.1) is 5.92 Å². The van der Waals surface area contributed by atoms with Crippen LogP contribution in [-0.2, 0) is 0 Å². The molecule has 1 atom stereocenters. The van der Waals surface area contributed by atoms with E-state index in [-0.39, 0.29) is 0 Å². The minimum atomic E-state index is 0.583. The summed E-state index contributed by atoms with van der Waals surface area (Å²) in [5.41, 5.74) is 4.99. The maximum atomic E-state index is 4.07. The number of rotatable bonds is 6. The van der Waals surface area contributed by atoms with Crippen molar-refractivity contribution in [2.24, 2.45) is 11.0 Å². The van der Waals surface area contributed by atoms with E-state index in [4.69, 9.17) is 0 Å². The lowest BCUT2D eigenvalue weighted by molar-refractivity contribution is 0.579. The largest absolute Gasteiger partial charge is 0.159 e. The van der Waals surface area contributed by atoms with Crippen LogP contribution in [-0.4, -0.2) is 5.71 Å². The molecule has 0 saturated heterocycles. The zero-order valence-electron chi connectivity index (χ0n) is 8.66. The SMILES string of the molecule is CCCCCCC(C)C1=N[N]C=C1. The van der Waals surface area contributed by atoms with Crippen molar-refractivity contribution >= 4 is 5.71 Å². The van der Waals surface area contributed by atoms with Crippen molar-refractivity contribution in [1.82, 2.24) is 5.43 Å². The topological polar surface area (TPSA) is 26.5 Å². The van der Waals surface area contributed by atoms with E-state index in [9.17, 15) is 0 Å². The predicted molar refractivity (Wildman–Crippen MR) is 56.6 cm³/mol. The summed E-state index contributed by atoms with van der Waals surface area (Å²) in [6, 6.07) is 0. The van der Waals surface area contributed by atoms with Gasteiger partial charge in [0.1, 0.15) is 0 Å². The van der Waals surface area contributed by atoms with Crippen molar-refractivity contribution in [2.45, 2.75) is 46.0 Å². The molecule has 2 nitrogen and oxygen atoms in total. The van der Waals surface area contributed by atoms with E-state index in [1.807, 2.05) is 6.08 Å². The normalized spacial score (nSPS) is 16.9. The molecule has 0 saturated carbocycles. The van der Waals surface area contributed by atoms with Gasteiger partial charge in [-0.15, -0.1) is 0 Å². The van der Waals surface area contributed by atoms with Crippen LogP contribution in [0.2, 0.25) is 0 Å². The third kappa shape index (κ3) is 3.62. The molecule has 0 bridgehead atoms. The van der Waals surface area contributed by atoms with Gasteiger partial charge in [0.2, 0.25) is 0 Å². The summed E-state index contributed by atoms with van der Waals surface area (Å²) < 4.78 is 0. The maximum absolute atomic E-state index is 4.07. The highest BCUT2D eigenvalue weighted by Crippen LogP contribution is 2.14. The van der Waals surface area contributed by atoms with Gasteiger partial charge in [-0.05, 0) is 12.5 Å². The molecule has 13 heavy (non-hydrogen) atoms. The van der Waals surface area contributed by atoms with E-state index in [0.717, 1.165) is 5.71 Å². The number of unbranched alkanes of at least 4 members (excludes halogenated alkanes) is 3. The summed E-state index contributed by atoms with van der Waals surface area (Å²) in [5, 5.41) is 4.07. The third-order valence-corrected chi connectivity index (χ3v) is 2.48. The Labute approximate surface area is 81.1 Å². The lowest BCUT2D eigenvalue weighted by Gasteiger charge is -2.08. The van der Waals surface area contributed by atoms with Crippen LogP contribution in [0.1, 0.15) is 46.0 Å². The highest BCUT2D eigenvalue weighted by Gasteiger charge is 2.10. The zero-order chi connectivity index (χ0) is 9.52. The van der Waals surface area contributed by atoms with Gasteiger partial charge < -0.3 is 0 Å². The lowest BCUT2D eigenvalue weighted by atomic mass is 9.98. The smallest absolute Gasteiger partial charge is 0.0674 e. The van der Waals surface area contributed by atoms with E-state index < -0.39 is 0 Å². The van der Waals surface area contributed by atoms with Gasteiger partial charge in [-0.25, -0.2) is 0 Å². The van der Waals surface area contributed by atoms with Gasteiger partial charge in [-0.3, -0.25) is 0 Å². The second kappa shape index (κ2) is 5.79. The van der Waals surface area contributed by atoms with E-state index in [2.05, 4.69) is 24.4 Å². The first-order valence-corrected chi connectivity index (χ1v) is 5.29. The van der Waals surface area contributed by atoms with Gasteiger partial charge in [0.25, 0.3) is 0 Å². The molecular weight excluding hydrogens is 160 g/mol. The van der Waals surface area contributed by atoms with Gasteiger partial charge >= 0.3 is 0 Å².